The fraction of sp³-hybridized carbons (Fsp3) is 0.625. The molecule has 11 heteroatoms. The number of aliphatic hydroxyl groups excluding tert-OH is 1. The van der Waals surface area contributed by atoms with Gasteiger partial charge < -0.3 is 20.3 Å². The van der Waals surface area contributed by atoms with Crippen molar-refractivity contribution in [1.82, 2.24) is 14.5 Å². The molecule has 4 N–H and O–H groups in total. The van der Waals surface area contributed by atoms with E-state index in [1.54, 1.807) is 6.92 Å². The number of hydrogen-bond donors (Lipinski definition) is 3. The van der Waals surface area contributed by atoms with Gasteiger partial charge >= 0.3 is 10.8 Å². The lowest BCUT2D eigenvalue weighted by Gasteiger charge is -2.24. The highest BCUT2D eigenvalue weighted by atomic mass is 32.1. The number of nitrogens with zero attached hydrogens (tertiary/aromatic N) is 2. The number of esters is 1. The molecule has 1 aliphatic heterocycles. The molecular weight excluding hydrogens is 376 g/mol. The Morgan fingerprint density at radius 3 is 2.89 bits per heavy atom. The van der Waals surface area contributed by atoms with E-state index < -0.39 is 46.9 Å². The molecule has 3 heterocycles. The van der Waals surface area contributed by atoms with Crippen molar-refractivity contribution in [2.45, 2.75) is 58.2 Å². The Morgan fingerprint density at radius 1 is 1.56 bits per heavy atom. The van der Waals surface area contributed by atoms with Gasteiger partial charge in [0.15, 0.2) is 5.65 Å². The molecule has 3 rings (SSSR count). The van der Waals surface area contributed by atoms with E-state index in [2.05, 4.69) is 9.97 Å². The number of nitrogen functional groups attached to an aromatic ring is 1. The summed E-state index contributed by atoms with van der Waals surface area (Å²) in [6.07, 6.45) is -1.83. The van der Waals surface area contributed by atoms with Gasteiger partial charge in [-0.2, -0.15) is 4.98 Å². The van der Waals surface area contributed by atoms with Crippen molar-refractivity contribution in [3.63, 3.8) is 0 Å². The summed E-state index contributed by atoms with van der Waals surface area (Å²) in [5, 5.41) is 10.2. The summed E-state index contributed by atoms with van der Waals surface area (Å²) in [5.41, 5.74) is 5.24. The maximum Gasteiger partial charge on any atom is 0.311 e. The van der Waals surface area contributed by atoms with Gasteiger partial charge in [0, 0.05) is 12.8 Å². The second-order valence-electron chi connectivity index (χ2n) is 6.60. The summed E-state index contributed by atoms with van der Waals surface area (Å²) >= 11 is 0.739. The van der Waals surface area contributed by atoms with Crippen LogP contribution in [0.1, 0.15) is 39.8 Å². The van der Waals surface area contributed by atoms with Crippen LogP contribution < -0.4 is 16.2 Å². The second kappa shape index (κ2) is 7.41. The van der Waals surface area contributed by atoms with Crippen LogP contribution in [-0.4, -0.2) is 43.9 Å². The molecule has 1 saturated heterocycles. The summed E-state index contributed by atoms with van der Waals surface area (Å²) in [4.78, 5) is 42.1. The van der Waals surface area contributed by atoms with Crippen LogP contribution in [0, 0.1) is 5.92 Å². The van der Waals surface area contributed by atoms with Crippen LogP contribution in [0.15, 0.2) is 9.59 Å². The van der Waals surface area contributed by atoms with E-state index in [9.17, 15) is 19.5 Å². The fourth-order valence-electron chi connectivity index (χ4n) is 3.43. The molecule has 0 amide bonds. The first-order valence-corrected chi connectivity index (χ1v) is 9.46. The molecule has 2 unspecified atom stereocenters. The number of anilines is 1. The molecule has 1 fully saturated rings. The molecule has 0 aliphatic carbocycles. The standard InChI is InChI=1S/C16H22N4O6S/c1-4-9(22)10-5-8(6(2)25-7(3)21)14(26-10)20-12-11(27-16(20)24)13(23)19-15(17)18-12/h6,8-10,14,22H,4-5H2,1-3H3,(H3,17,18,19,23)/t6-,8?,9+,10?,14-/m1/s1. The molecule has 0 spiro atoms. The summed E-state index contributed by atoms with van der Waals surface area (Å²) in [5.74, 6) is -0.980. The van der Waals surface area contributed by atoms with Gasteiger partial charge in [-0.05, 0) is 19.8 Å². The number of aromatic amines is 1. The number of nitrogens with two attached hydrogens (primary N) is 1. The third-order valence-electron chi connectivity index (χ3n) is 4.73. The molecule has 2 aromatic heterocycles. The van der Waals surface area contributed by atoms with E-state index in [1.807, 2.05) is 6.92 Å². The minimum Gasteiger partial charge on any atom is -0.462 e. The first kappa shape index (κ1) is 19.5. The maximum absolute atomic E-state index is 12.6. The quantitative estimate of drug-likeness (QED) is 0.611. The SMILES string of the molecule is CC[C@H](O)C1CC([C@@H](C)OC(C)=O)[C@H](n2c(=O)sc3c(=O)[nH]c(N)nc32)O1. The summed E-state index contributed by atoms with van der Waals surface area (Å²) in [6, 6.07) is 0. The number of carbonyl (C=O) groups excluding carboxylic acids is 1. The van der Waals surface area contributed by atoms with E-state index in [0.29, 0.717) is 12.8 Å². The topological polar surface area (TPSA) is 150 Å². The lowest BCUT2D eigenvalue weighted by atomic mass is 9.95. The molecular formula is C16H22N4O6S. The normalized spacial score (nSPS) is 24.8. The van der Waals surface area contributed by atoms with Crippen molar-refractivity contribution in [3.05, 3.63) is 20.0 Å². The van der Waals surface area contributed by atoms with Crippen molar-refractivity contribution >= 4 is 33.6 Å². The van der Waals surface area contributed by atoms with Crippen molar-refractivity contribution in [2.75, 3.05) is 5.73 Å². The molecule has 0 radical (unpaired) electrons. The zero-order valence-corrected chi connectivity index (χ0v) is 16.0. The second-order valence-corrected chi connectivity index (χ2v) is 7.56. The molecule has 10 nitrogen and oxygen atoms in total. The average Bonchev–Trinajstić information content (AvgIpc) is 3.14. The molecule has 1 aliphatic rings. The highest BCUT2D eigenvalue weighted by Gasteiger charge is 2.44. The molecule has 2 aromatic rings. The lowest BCUT2D eigenvalue weighted by Crippen LogP contribution is -2.32. The minimum absolute atomic E-state index is 0.114. The lowest BCUT2D eigenvalue weighted by molar-refractivity contribution is -0.150. The Labute approximate surface area is 157 Å². The largest absolute Gasteiger partial charge is 0.462 e. The zero-order valence-electron chi connectivity index (χ0n) is 15.2. The number of thiazole rings is 1. The first-order chi connectivity index (χ1) is 12.7. The van der Waals surface area contributed by atoms with Crippen LogP contribution in [0.2, 0.25) is 0 Å². The van der Waals surface area contributed by atoms with Gasteiger partial charge in [0.25, 0.3) is 5.56 Å². The van der Waals surface area contributed by atoms with Gasteiger partial charge in [-0.15, -0.1) is 0 Å². The number of ether oxygens (including phenoxy) is 2. The molecule has 0 saturated carbocycles. The molecule has 148 valence electrons. The highest BCUT2D eigenvalue weighted by molar-refractivity contribution is 7.16. The number of aromatic nitrogens is 3. The number of hydrogen-bond acceptors (Lipinski definition) is 9. The van der Waals surface area contributed by atoms with Crippen LogP contribution in [0.5, 0.6) is 0 Å². The van der Waals surface area contributed by atoms with Gasteiger partial charge in [0.2, 0.25) is 5.95 Å². The number of rotatable bonds is 5. The number of fused-ring (bicyclic) bond motifs is 1. The van der Waals surface area contributed by atoms with Crippen LogP contribution >= 0.6 is 11.3 Å². The first-order valence-electron chi connectivity index (χ1n) is 8.64. The molecule has 5 atom stereocenters. The summed E-state index contributed by atoms with van der Waals surface area (Å²) in [6.45, 7) is 4.82. The average molecular weight is 398 g/mol. The van der Waals surface area contributed by atoms with E-state index >= 15 is 0 Å². The predicted octanol–water partition coefficient (Wildman–Crippen LogP) is 0.355. The Bertz CT molecular complexity index is 966. The van der Waals surface area contributed by atoms with E-state index in [4.69, 9.17) is 15.2 Å². The third kappa shape index (κ3) is 3.62. The fourth-order valence-corrected chi connectivity index (χ4v) is 4.27. The van der Waals surface area contributed by atoms with E-state index in [1.165, 1.54) is 11.5 Å². The number of H-pyrrole nitrogens is 1. The van der Waals surface area contributed by atoms with Gasteiger partial charge in [0.1, 0.15) is 17.0 Å². The third-order valence-corrected chi connectivity index (χ3v) is 5.68. The van der Waals surface area contributed by atoms with Gasteiger partial charge in [-0.1, -0.05) is 18.3 Å². The number of aliphatic hydroxyl groups is 1. The minimum atomic E-state index is -0.847. The van der Waals surface area contributed by atoms with Crippen LogP contribution in [0.25, 0.3) is 10.3 Å². The monoisotopic (exact) mass is 398 g/mol. The maximum atomic E-state index is 12.6. The summed E-state index contributed by atoms with van der Waals surface area (Å²) in [7, 11) is 0. The number of nitrogens with one attached hydrogen (secondary N) is 1. The van der Waals surface area contributed by atoms with E-state index in [-0.39, 0.29) is 16.3 Å². The molecule has 0 aromatic carbocycles. The molecule has 27 heavy (non-hydrogen) atoms. The van der Waals surface area contributed by atoms with Crippen LogP contribution in [-0.2, 0) is 14.3 Å². The van der Waals surface area contributed by atoms with Crippen LogP contribution in [0.4, 0.5) is 5.95 Å². The number of carbonyl (C=O) groups is 1. The highest BCUT2D eigenvalue weighted by Crippen LogP contribution is 2.40. The van der Waals surface area contributed by atoms with E-state index in [0.717, 1.165) is 11.3 Å². The zero-order chi connectivity index (χ0) is 19.9. The van der Waals surface area contributed by atoms with Crippen LogP contribution in [0.3, 0.4) is 0 Å². The van der Waals surface area contributed by atoms with Gasteiger partial charge in [-0.25, -0.2) is 0 Å². The van der Waals surface area contributed by atoms with Crippen molar-refractivity contribution < 1.29 is 19.4 Å². The Balaban J connectivity index is 2.10. The van der Waals surface area contributed by atoms with Gasteiger partial charge in [0.05, 0.1) is 12.2 Å². The predicted molar refractivity (Wildman–Crippen MR) is 98.5 cm³/mol. The Hall–Kier alpha value is -2.24. The van der Waals surface area contributed by atoms with Crippen molar-refractivity contribution in [2.24, 2.45) is 5.92 Å². The van der Waals surface area contributed by atoms with Gasteiger partial charge in [-0.3, -0.25) is 23.9 Å². The van der Waals surface area contributed by atoms with Crippen molar-refractivity contribution in [1.29, 1.82) is 0 Å². The summed E-state index contributed by atoms with van der Waals surface area (Å²) < 4.78 is 12.7. The smallest absolute Gasteiger partial charge is 0.311 e. The molecule has 0 bridgehead atoms. The Kier molecular flexibility index (Phi) is 5.36. The van der Waals surface area contributed by atoms with Crippen molar-refractivity contribution in [3.8, 4) is 0 Å². The Morgan fingerprint density at radius 2 is 2.26 bits per heavy atom.